The largest absolute Gasteiger partial charge is 0.0770 e. The molecule has 0 nitrogen and oxygen atoms in total. The fourth-order valence-electron chi connectivity index (χ4n) is 7.72. The van der Waals surface area contributed by atoms with E-state index >= 15 is 0 Å². The van der Waals surface area contributed by atoms with Crippen molar-refractivity contribution in [3.8, 4) is 0 Å². The van der Waals surface area contributed by atoms with Crippen LogP contribution in [0.3, 0.4) is 0 Å². The van der Waals surface area contributed by atoms with Crippen LogP contribution in [0.4, 0.5) is 0 Å². The van der Waals surface area contributed by atoms with Gasteiger partial charge >= 0.3 is 0 Å². The summed E-state index contributed by atoms with van der Waals surface area (Å²) in [5.41, 5.74) is 6.56. The molecule has 2 saturated carbocycles. The van der Waals surface area contributed by atoms with Gasteiger partial charge in [0.1, 0.15) is 0 Å². The second kappa shape index (κ2) is 12.4. The number of aryl methyl sites for hydroxylation is 1. The van der Waals surface area contributed by atoms with Crippen molar-refractivity contribution in [3.05, 3.63) is 113 Å². The lowest BCUT2D eigenvalue weighted by molar-refractivity contribution is 0.366. The molecule has 3 aromatic carbocycles. The minimum Gasteiger partial charge on any atom is -0.0770 e. The minimum atomic E-state index is -0.629. The lowest BCUT2D eigenvalue weighted by Gasteiger charge is -2.38. The second-order valence-corrected chi connectivity index (χ2v) is 14.5. The van der Waals surface area contributed by atoms with Crippen LogP contribution in [0, 0.1) is 24.7 Å². The maximum atomic E-state index is 2.81. The Kier molecular flexibility index (Phi) is 8.51. The Morgan fingerprint density at radius 3 is 1.62 bits per heavy atom. The SMILES string of the molecule is Cc1cccc(P(c2ccccc2)c2ccccc2)c1C1C=C(C2CCCCC2)C(C2CCCCC2)=CC1C. The van der Waals surface area contributed by atoms with Crippen molar-refractivity contribution in [2.24, 2.45) is 17.8 Å². The van der Waals surface area contributed by atoms with Gasteiger partial charge < -0.3 is 0 Å². The highest BCUT2D eigenvalue weighted by atomic mass is 31.1. The molecule has 1 heteroatoms. The molecule has 2 unspecified atom stereocenters. The highest BCUT2D eigenvalue weighted by Gasteiger charge is 2.34. The van der Waals surface area contributed by atoms with E-state index in [4.69, 9.17) is 0 Å². The molecule has 0 saturated heterocycles. The molecule has 2 fully saturated rings. The summed E-state index contributed by atoms with van der Waals surface area (Å²) in [6.07, 6.45) is 19.6. The number of hydrogen-bond donors (Lipinski definition) is 0. The Hall–Kier alpha value is -2.43. The normalized spacial score (nSPS) is 22.9. The van der Waals surface area contributed by atoms with Gasteiger partial charge in [-0.3, -0.25) is 0 Å². The Bertz CT molecular complexity index is 1250. The van der Waals surface area contributed by atoms with E-state index in [1.165, 1.54) is 80.4 Å². The molecule has 0 spiro atoms. The Labute approximate surface area is 238 Å². The Balaban J connectivity index is 1.47. The predicted molar refractivity (Wildman–Crippen MR) is 171 cm³/mol. The van der Waals surface area contributed by atoms with Crippen molar-refractivity contribution in [2.45, 2.75) is 84.0 Å². The van der Waals surface area contributed by atoms with Gasteiger partial charge in [-0.05, 0) is 96.5 Å². The van der Waals surface area contributed by atoms with Crippen molar-refractivity contribution in [1.82, 2.24) is 0 Å². The van der Waals surface area contributed by atoms with Gasteiger partial charge in [-0.25, -0.2) is 0 Å². The molecular formula is C38H45P. The van der Waals surface area contributed by atoms with E-state index < -0.39 is 7.92 Å². The van der Waals surface area contributed by atoms with E-state index in [1.54, 1.807) is 22.0 Å². The number of benzene rings is 3. The van der Waals surface area contributed by atoms with Gasteiger partial charge in [0.15, 0.2) is 0 Å². The van der Waals surface area contributed by atoms with Crippen molar-refractivity contribution in [3.63, 3.8) is 0 Å². The van der Waals surface area contributed by atoms with Crippen LogP contribution in [0.5, 0.6) is 0 Å². The quantitative estimate of drug-likeness (QED) is 0.277. The first-order valence-electron chi connectivity index (χ1n) is 15.6. The van der Waals surface area contributed by atoms with Crippen molar-refractivity contribution in [2.75, 3.05) is 0 Å². The third-order valence-corrected chi connectivity index (χ3v) is 12.2. The van der Waals surface area contributed by atoms with Crippen LogP contribution in [0.25, 0.3) is 0 Å². The summed E-state index contributed by atoms with van der Waals surface area (Å²) in [4.78, 5) is 0. The van der Waals surface area contributed by atoms with Gasteiger partial charge in [-0.1, -0.05) is 136 Å². The maximum Gasteiger partial charge on any atom is 0.00935 e. The molecule has 3 aromatic rings. The number of hydrogen-bond acceptors (Lipinski definition) is 0. The van der Waals surface area contributed by atoms with Gasteiger partial charge in [0.25, 0.3) is 0 Å². The van der Waals surface area contributed by atoms with Gasteiger partial charge in [0.05, 0.1) is 0 Å². The Morgan fingerprint density at radius 2 is 1.08 bits per heavy atom. The van der Waals surface area contributed by atoms with Crippen LogP contribution in [0.2, 0.25) is 0 Å². The average Bonchev–Trinajstić information content (AvgIpc) is 3.00. The van der Waals surface area contributed by atoms with Crippen molar-refractivity contribution < 1.29 is 0 Å². The van der Waals surface area contributed by atoms with Crippen LogP contribution in [-0.4, -0.2) is 0 Å². The summed E-state index contributed by atoms with van der Waals surface area (Å²) < 4.78 is 0. The lowest BCUT2D eigenvalue weighted by Crippen LogP contribution is -2.29. The van der Waals surface area contributed by atoms with Crippen LogP contribution < -0.4 is 15.9 Å². The third kappa shape index (κ3) is 5.74. The lowest BCUT2D eigenvalue weighted by atomic mass is 9.67. The van der Waals surface area contributed by atoms with Gasteiger partial charge in [0, 0.05) is 5.92 Å². The van der Waals surface area contributed by atoms with Gasteiger partial charge in [-0.2, -0.15) is 0 Å². The summed E-state index contributed by atoms with van der Waals surface area (Å²) in [7, 11) is -0.629. The van der Waals surface area contributed by atoms with E-state index in [0.29, 0.717) is 11.8 Å². The van der Waals surface area contributed by atoms with Crippen LogP contribution >= 0.6 is 7.92 Å². The third-order valence-electron chi connectivity index (χ3n) is 9.70. The monoisotopic (exact) mass is 532 g/mol. The molecule has 0 aromatic heterocycles. The molecule has 0 bridgehead atoms. The van der Waals surface area contributed by atoms with Crippen LogP contribution in [-0.2, 0) is 0 Å². The molecular weight excluding hydrogens is 487 g/mol. The van der Waals surface area contributed by atoms with E-state index in [-0.39, 0.29) is 0 Å². The first-order valence-corrected chi connectivity index (χ1v) is 17.0. The standard InChI is InChI=1S/C38H45P/c1-28-16-15-25-37(39(32-21-11-5-12-22-32)33-23-13-6-14-24-33)38(28)34-27-36(31-19-9-4-10-20-31)35(26-29(34)2)30-17-7-3-8-18-30/h5-6,11-16,21-27,29-31,34H,3-4,7-10,17-20H2,1-2H3. The van der Waals surface area contributed by atoms with Crippen molar-refractivity contribution >= 4 is 23.8 Å². The molecule has 202 valence electrons. The molecule has 0 heterocycles. The summed E-state index contributed by atoms with van der Waals surface area (Å²) in [6, 6.07) is 29.7. The van der Waals surface area contributed by atoms with E-state index in [1.807, 2.05) is 0 Å². The summed E-state index contributed by atoms with van der Waals surface area (Å²) >= 11 is 0. The topological polar surface area (TPSA) is 0 Å². The molecule has 0 N–H and O–H groups in total. The average molecular weight is 533 g/mol. The van der Waals surface area contributed by atoms with E-state index in [9.17, 15) is 0 Å². The van der Waals surface area contributed by atoms with Gasteiger partial charge in [0.2, 0.25) is 0 Å². The van der Waals surface area contributed by atoms with Crippen LogP contribution in [0.15, 0.2) is 102 Å². The number of allylic oxidation sites excluding steroid dienone is 4. The molecule has 3 aliphatic carbocycles. The second-order valence-electron chi connectivity index (χ2n) is 12.3. The molecule has 0 aliphatic heterocycles. The fourth-order valence-corrected chi connectivity index (χ4v) is 10.3. The zero-order valence-corrected chi connectivity index (χ0v) is 24.9. The molecule has 0 amide bonds. The maximum absolute atomic E-state index is 2.81. The zero-order valence-electron chi connectivity index (χ0n) is 24.0. The zero-order chi connectivity index (χ0) is 26.6. The molecule has 2 atom stereocenters. The molecule has 3 aliphatic rings. The Morgan fingerprint density at radius 1 is 0.564 bits per heavy atom. The first-order chi connectivity index (χ1) is 19.2. The van der Waals surface area contributed by atoms with E-state index in [0.717, 1.165) is 11.8 Å². The minimum absolute atomic E-state index is 0.447. The van der Waals surface area contributed by atoms with Crippen molar-refractivity contribution in [1.29, 1.82) is 0 Å². The van der Waals surface area contributed by atoms with E-state index in [2.05, 4.69) is 105 Å². The smallest absolute Gasteiger partial charge is 0.00935 e. The molecule has 0 radical (unpaired) electrons. The predicted octanol–water partition coefficient (Wildman–Crippen LogP) is 9.50. The highest BCUT2D eigenvalue weighted by molar-refractivity contribution is 7.79. The van der Waals surface area contributed by atoms with Crippen LogP contribution in [0.1, 0.15) is 88.2 Å². The fraction of sp³-hybridized carbons (Fsp3) is 0.421. The van der Waals surface area contributed by atoms with Gasteiger partial charge in [-0.15, -0.1) is 0 Å². The molecule has 39 heavy (non-hydrogen) atoms. The molecule has 6 rings (SSSR count). The highest BCUT2D eigenvalue weighted by Crippen LogP contribution is 2.48. The summed E-state index contributed by atoms with van der Waals surface area (Å²) in [6.45, 7) is 4.87. The number of rotatable bonds is 6. The first kappa shape index (κ1) is 26.8. The summed E-state index contributed by atoms with van der Waals surface area (Å²) in [5, 5.41) is 4.45. The summed E-state index contributed by atoms with van der Waals surface area (Å²) in [5.74, 6) is 2.52.